The van der Waals surface area contributed by atoms with Gasteiger partial charge in [-0.05, 0) is 12.1 Å². The number of fused-ring (bicyclic) bond motifs is 1. The molecule has 2 N–H and O–H groups in total. The molecule has 188 valence electrons. The summed E-state index contributed by atoms with van der Waals surface area (Å²) in [6.07, 6.45) is 1.46. The Morgan fingerprint density at radius 1 is 1.11 bits per heavy atom. The van der Waals surface area contributed by atoms with Crippen LogP contribution >= 0.6 is 0 Å². The quantitative estimate of drug-likeness (QED) is 0.517. The van der Waals surface area contributed by atoms with E-state index in [1.54, 1.807) is 19.2 Å². The average molecular weight is 485 g/mol. The summed E-state index contributed by atoms with van der Waals surface area (Å²) < 4.78 is 22.5. The van der Waals surface area contributed by atoms with Crippen LogP contribution in [-0.4, -0.2) is 93.8 Å². The first-order valence-electron chi connectivity index (χ1n) is 11.6. The summed E-state index contributed by atoms with van der Waals surface area (Å²) in [5, 5.41) is 6.07. The van der Waals surface area contributed by atoms with E-state index in [1.165, 1.54) is 6.08 Å². The number of amides is 2. The van der Waals surface area contributed by atoms with Crippen LogP contribution in [0.2, 0.25) is 0 Å². The number of nitrogens with one attached hydrogen (secondary N) is 2. The van der Waals surface area contributed by atoms with Crippen molar-refractivity contribution in [3.05, 3.63) is 37.1 Å². The molecule has 0 saturated carbocycles. The maximum Gasteiger partial charge on any atom is 0.324 e. The third-order valence-corrected chi connectivity index (χ3v) is 5.78. The molecule has 2 fully saturated rings. The molecule has 11 heteroatoms. The zero-order valence-electron chi connectivity index (χ0n) is 20.0. The van der Waals surface area contributed by atoms with Crippen molar-refractivity contribution in [3.8, 4) is 11.5 Å². The summed E-state index contributed by atoms with van der Waals surface area (Å²) in [4.78, 5) is 26.3. The Labute approximate surface area is 204 Å². The molecule has 0 bridgehead atoms. The Morgan fingerprint density at radius 3 is 2.51 bits per heavy atom. The molecule has 2 saturated heterocycles. The molecule has 3 heterocycles. The van der Waals surface area contributed by atoms with Gasteiger partial charge in [0.25, 0.3) is 0 Å². The fraction of sp³-hybridized carbons (Fsp3) is 0.458. The van der Waals surface area contributed by atoms with Crippen molar-refractivity contribution in [2.24, 2.45) is 0 Å². The monoisotopic (exact) mass is 484 g/mol. The Kier molecular flexibility index (Phi) is 8.35. The lowest BCUT2D eigenvalue weighted by Gasteiger charge is -2.27. The van der Waals surface area contributed by atoms with Crippen LogP contribution in [0.25, 0.3) is 10.9 Å². The van der Waals surface area contributed by atoms with Gasteiger partial charge in [-0.15, -0.1) is 0 Å². The predicted octanol–water partition coefficient (Wildman–Crippen LogP) is 2.01. The smallest absolute Gasteiger partial charge is 0.324 e. The highest BCUT2D eigenvalue weighted by Crippen LogP contribution is 2.35. The van der Waals surface area contributed by atoms with E-state index in [-0.39, 0.29) is 0 Å². The number of methoxy groups -OCH3 is 1. The zero-order chi connectivity index (χ0) is 24.6. The van der Waals surface area contributed by atoms with Crippen LogP contribution in [0.5, 0.6) is 11.5 Å². The molecule has 1 aromatic carbocycles. The van der Waals surface area contributed by atoms with Gasteiger partial charge in [0.15, 0.2) is 11.5 Å². The fourth-order valence-corrected chi connectivity index (χ4v) is 3.84. The molecule has 4 rings (SSSR count). The van der Waals surface area contributed by atoms with Crippen molar-refractivity contribution >= 4 is 28.7 Å². The van der Waals surface area contributed by atoms with E-state index >= 15 is 0 Å². The lowest BCUT2D eigenvalue weighted by atomic mass is 10.2. The lowest BCUT2D eigenvalue weighted by Crippen LogP contribution is -2.38. The number of carbonyl (C=O) groups is 1. The van der Waals surface area contributed by atoms with E-state index < -0.39 is 6.03 Å². The topological polar surface area (TPSA) is 110 Å². The van der Waals surface area contributed by atoms with Gasteiger partial charge in [-0.1, -0.05) is 13.2 Å². The second kappa shape index (κ2) is 11.8. The van der Waals surface area contributed by atoms with E-state index in [0.29, 0.717) is 72.8 Å². The van der Waals surface area contributed by atoms with E-state index in [1.807, 2.05) is 4.90 Å². The number of allylic oxidation sites excluding steroid dienone is 1. The number of nitrogens with zero attached hydrogens (tertiary/aromatic N) is 4. The maximum absolute atomic E-state index is 12.6. The van der Waals surface area contributed by atoms with Crippen LogP contribution in [0.1, 0.15) is 0 Å². The lowest BCUT2D eigenvalue weighted by molar-refractivity contribution is 0.0321. The summed E-state index contributed by atoms with van der Waals surface area (Å²) >= 11 is 0. The summed E-state index contributed by atoms with van der Waals surface area (Å²) in [6, 6.07) is 3.12. The van der Waals surface area contributed by atoms with Crippen LogP contribution in [-0.2, 0) is 9.47 Å². The molecule has 2 aromatic rings. The molecule has 35 heavy (non-hydrogen) atoms. The molecule has 2 aliphatic rings. The fourth-order valence-electron chi connectivity index (χ4n) is 3.84. The summed E-state index contributed by atoms with van der Waals surface area (Å²) in [5.74, 6) is 1.96. The van der Waals surface area contributed by atoms with Gasteiger partial charge in [-0.3, -0.25) is 10.2 Å². The number of rotatable bonds is 9. The molecule has 2 aliphatic heterocycles. The van der Waals surface area contributed by atoms with E-state index in [2.05, 4.69) is 33.7 Å². The van der Waals surface area contributed by atoms with Gasteiger partial charge in [-0.25, -0.2) is 9.78 Å². The van der Waals surface area contributed by atoms with Crippen molar-refractivity contribution in [1.82, 2.24) is 20.2 Å². The molecule has 0 radical (unpaired) electrons. The van der Waals surface area contributed by atoms with Crippen molar-refractivity contribution in [1.29, 1.82) is 0 Å². The third kappa shape index (κ3) is 6.38. The van der Waals surface area contributed by atoms with Gasteiger partial charge < -0.3 is 29.2 Å². The van der Waals surface area contributed by atoms with Crippen LogP contribution < -0.4 is 25.0 Å². The minimum Gasteiger partial charge on any atom is -0.493 e. The highest BCUT2D eigenvalue weighted by Gasteiger charge is 2.20. The number of benzene rings is 1. The summed E-state index contributed by atoms with van der Waals surface area (Å²) in [6.45, 7) is 14.3. The van der Waals surface area contributed by atoms with Crippen molar-refractivity contribution in [2.45, 2.75) is 0 Å². The Bertz CT molecular complexity index is 1070. The Hall–Kier alpha value is -3.41. The van der Waals surface area contributed by atoms with Gasteiger partial charge in [0, 0.05) is 49.9 Å². The first-order chi connectivity index (χ1) is 17.1. The minimum atomic E-state index is -0.478. The van der Waals surface area contributed by atoms with E-state index in [9.17, 15) is 4.79 Å². The van der Waals surface area contributed by atoms with Crippen LogP contribution in [0, 0.1) is 0 Å². The molecule has 1 aromatic heterocycles. The first-order valence-corrected chi connectivity index (χ1v) is 11.6. The molecule has 0 atom stereocenters. The standard InChI is InChI=1S/C24H32N6O5/c1-4-17(2)25-24(31)28-22-18-15-21(35-14-7-29-5-10-33-11-6-29)20(32-3)16-19(18)26-23(27-22)30-8-12-34-13-9-30/h4,15-16H,1-2,5-14H2,3H3,(H2,25,26,27,28,31). The second-order valence-corrected chi connectivity index (χ2v) is 8.10. The van der Waals surface area contributed by atoms with E-state index in [4.69, 9.17) is 23.9 Å². The van der Waals surface area contributed by atoms with Gasteiger partial charge in [0.1, 0.15) is 12.4 Å². The zero-order valence-corrected chi connectivity index (χ0v) is 20.0. The summed E-state index contributed by atoms with van der Waals surface area (Å²) in [7, 11) is 1.59. The highest BCUT2D eigenvalue weighted by atomic mass is 16.5. The normalized spacial score (nSPS) is 16.5. The number of aromatic nitrogens is 2. The number of anilines is 2. The first kappa shape index (κ1) is 24.7. The average Bonchev–Trinajstić information content (AvgIpc) is 2.89. The summed E-state index contributed by atoms with van der Waals surface area (Å²) in [5.41, 5.74) is 1.000. The number of carbonyl (C=O) groups excluding carboxylic acids is 1. The molecule has 0 unspecified atom stereocenters. The predicted molar refractivity (Wildman–Crippen MR) is 133 cm³/mol. The Morgan fingerprint density at radius 2 is 1.83 bits per heavy atom. The van der Waals surface area contributed by atoms with E-state index in [0.717, 1.165) is 32.8 Å². The maximum atomic E-state index is 12.6. The van der Waals surface area contributed by atoms with Gasteiger partial charge >= 0.3 is 6.03 Å². The molecule has 2 amide bonds. The number of ether oxygens (including phenoxy) is 4. The second-order valence-electron chi connectivity index (χ2n) is 8.10. The number of hydrogen-bond donors (Lipinski definition) is 2. The van der Waals surface area contributed by atoms with Gasteiger partial charge in [0.2, 0.25) is 5.95 Å². The van der Waals surface area contributed by atoms with Gasteiger partial charge in [-0.2, -0.15) is 4.98 Å². The molecule has 0 spiro atoms. The highest BCUT2D eigenvalue weighted by molar-refractivity contribution is 6.00. The molecule has 0 aliphatic carbocycles. The number of urea groups is 1. The van der Waals surface area contributed by atoms with Crippen LogP contribution in [0.3, 0.4) is 0 Å². The molecule has 11 nitrogen and oxygen atoms in total. The van der Waals surface area contributed by atoms with Gasteiger partial charge in [0.05, 0.1) is 39.1 Å². The van der Waals surface area contributed by atoms with Crippen molar-refractivity contribution < 1.29 is 23.7 Å². The largest absolute Gasteiger partial charge is 0.493 e. The molecular weight excluding hydrogens is 452 g/mol. The third-order valence-electron chi connectivity index (χ3n) is 5.78. The Balaban J connectivity index is 1.63. The SMILES string of the molecule is C=CC(=C)NC(=O)Nc1nc(N2CCOCC2)nc2cc(OC)c(OCCN3CCOCC3)cc12. The van der Waals surface area contributed by atoms with Crippen LogP contribution in [0.4, 0.5) is 16.6 Å². The van der Waals surface area contributed by atoms with Crippen molar-refractivity contribution in [3.63, 3.8) is 0 Å². The molecular formula is C24H32N6O5. The minimum absolute atomic E-state index is 0.353. The van der Waals surface area contributed by atoms with Crippen LogP contribution in [0.15, 0.2) is 37.1 Å². The van der Waals surface area contributed by atoms with Crippen molar-refractivity contribution in [2.75, 3.05) is 83.1 Å². The number of hydrogen-bond acceptors (Lipinski definition) is 9. The number of morpholine rings is 2.